The van der Waals surface area contributed by atoms with Gasteiger partial charge in [0.05, 0.1) is 11.5 Å². The Kier molecular flexibility index (Phi) is 6.01. The lowest BCUT2D eigenvalue weighted by molar-refractivity contribution is -0.385. The first-order valence-corrected chi connectivity index (χ1v) is 8.12. The predicted octanol–water partition coefficient (Wildman–Crippen LogP) is 2.85. The van der Waals surface area contributed by atoms with Gasteiger partial charge in [-0.3, -0.25) is 14.9 Å². The Balaban J connectivity index is 1.70. The largest absolute Gasteiger partial charge is 0.477 e. The van der Waals surface area contributed by atoms with Gasteiger partial charge in [-0.2, -0.15) is 8.78 Å². The quantitative estimate of drug-likeness (QED) is 0.247. The molecular formula is C17H11F5N2O6. The smallest absolute Gasteiger partial charge is 0.270 e. The summed E-state index contributed by atoms with van der Waals surface area (Å²) >= 11 is 0. The average Bonchev–Trinajstić information content (AvgIpc) is 2.74. The summed E-state index contributed by atoms with van der Waals surface area (Å²) in [5.74, 6) is -13.6. The number of hydrogen-bond donors (Lipinski definition) is 1. The van der Waals surface area contributed by atoms with Crippen LogP contribution in [0.25, 0.3) is 0 Å². The van der Waals surface area contributed by atoms with Gasteiger partial charge in [-0.05, 0) is 0 Å². The number of ether oxygens (including phenoxy) is 3. The molecule has 2 aromatic carbocycles. The molecule has 0 unspecified atom stereocenters. The van der Waals surface area contributed by atoms with Crippen molar-refractivity contribution in [1.82, 2.24) is 5.32 Å². The van der Waals surface area contributed by atoms with Crippen LogP contribution >= 0.6 is 0 Å². The van der Waals surface area contributed by atoms with E-state index in [4.69, 9.17) is 9.47 Å². The number of nitro benzene ring substituents is 1. The second-order valence-electron chi connectivity index (χ2n) is 5.93. The third-order valence-corrected chi connectivity index (χ3v) is 3.98. The van der Waals surface area contributed by atoms with Gasteiger partial charge in [-0.15, -0.1) is 0 Å². The standard InChI is InChI=1S/C17H11F5N2O6/c18-11-12(19)14(21)17(15(22)13(11)20)29-5-10(25)23-3-7-1-9(24(26)27)2-8-4-28-6-30-16(7)8/h1-2H,3-6H2,(H,23,25). The molecule has 160 valence electrons. The molecule has 1 N–H and O–H groups in total. The van der Waals surface area contributed by atoms with Crippen LogP contribution in [0.3, 0.4) is 0 Å². The minimum Gasteiger partial charge on any atom is -0.477 e. The molecule has 1 heterocycles. The number of amides is 1. The van der Waals surface area contributed by atoms with Gasteiger partial charge in [-0.25, -0.2) is 13.2 Å². The van der Waals surface area contributed by atoms with Gasteiger partial charge < -0.3 is 19.5 Å². The first-order chi connectivity index (χ1) is 14.2. The number of carbonyl (C=O) groups excluding carboxylic acids is 1. The van der Waals surface area contributed by atoms with Crippen LogP contribution < -0.4 is 14.8 Å². The molecule has 0 saturated heterocycles. The van der Waals surface area contributed by atoms with Gasteiger partial charge >= 0.3 is 0 Å². The minimum absolute atomic E-state index is 0.0430. The monoisotopic (exact) mass is 434 g/mol. The minimum atomic E-state index is -2.36. The van der Waals surface area contributed by atoms with E-state index in [1.54, 1.807) is 0 Å². The Hall–Kier alpha value is -3.48. The number of fused-ring (bicyclic) bond motifs is 1. The number of benzene rings is 2. The van der Waals surface area contributed by atoms with E-state index in [1.807, 2.05) is 0 Å². The molecule has 30 heavy (non-hydrogen) atoms. The van der Waals surface area contributed by atoms with Gasteiger partial charge in [0.25, 0.3) is 11.6 Å². The fourth-order valence-corrected chi connectivity index (χ4v) is 2.61. The van der Waals surface area contributed by atoms with E-state index in [0.717, 1.165) is 6.07 Å². The van der Waals surface area contributed by atoms with Crippen LogP contribution in [0.15, 0.2) is 12.1 Å². The molecule has 0 aliphatic carbocycles. The number of rotatable bonds is 6. The maximum atomic E-state index is 13.5. The second kappa shape index (κ2) is 8.49. The number of hydrogen-bond acceptors (Lipinski definition) is 6. The van der Waals surface area contributed by atoms with Crippen LogP contribution in [-0.4, -0.2) is 24.2 Å². The van der Waals surface area contributed by atoms with Crippen molar-refractivity contribution >= 4 is 11.6 Å². The van der Waals surface area contributed by atoms with Gasteiger partial charge in [0.15, 0.2) is 19.1 Å². The Morgan fingerprint density at radius 3 is 2.37 bits per heavy atom. The van der Waals surface area contributed by atoms with E-state index < -0.39 is 52.3 Å². The molecule has 3 rings (SSSR count). The van der Waals surface area contributed by atoms with Crippen LogP contribution in [0, 0.1) is 39.2 Å². The van der Waals surface area contributed by atoms with Gasteiger partial charge in [-0.1, -0.05) is 0 Å². The summed E-state index contributed by atoms with van der Waals surface area (Å²) in [7, 11) is 0. The summed E-state index contributed by atoms with van der Waals surface area (Å²) in [5.41, 5.74) is 0.300. The molecule has 2 aromatic rings. The number of halogens is 5. The SMILES string of the molecule is O=C(COc1c(F)c(F)c(F)c(F)c1F)NCc1cc([N+](=O)[O-])cc2c1OCOC2. The number of nitrogens with one attached hydrogen (secondary N) is 1. The van der Waals surface area contributed by atoms with E-state index in [1.165, 1.54) is 6.07 Å². The summed E-state index contributed by atoms with van der Waals surface area (Å²) in [4.78, 5) is 22.3. The van der Waals surface area contributed by atoms with Crippen molar-refractivity contribution in [2.75, 3.05) is 13.4 Å². The molecule has 1 aliphatic heterocycles. The van der Waals surface area contributed by atoms with Crippen LogP contribution in [0.2, 0.25) is 0 Å². The molecule has 1 aliphatic rings. The van der Waals surface area contributed by atoms with Crippen LogP contribution in [-0.2, 0) is 22.7 Å². The molecule has 8 nitrogen and oxygen atoms in total. The Morgan fingerprint density at radius 2 is 1.73 bits per heavy atom. The van der Waals surface area contributed by atoms with Crippen LogP contribution in [0.5, 0.6) is 11.5 Å². The molecule has 0 saturated carbocycles. The first-order valence-electron chi connectivity index (χ1n) is 8.12. The molecule has 1 amide bonds. The summed E-state index contributed by atoms with van der Waals surface area (Å²) in [5, 5.41) is 13.3. The molecule has 0 fully saturated rings. The van der Waals surface area contributed by atoms with E-state index in [-0.39, 0.29) is 36.9 Å². The maximum absolute atomic E-state index is 13.5. The van der Waals surface area contributed by atoms with Crippen molar-refractivity contribution in [2.24, 2.45) is 0 Å². The summed E-state index contributed by atoms with van der Waals surface area (Å²) in [6, 6.07) is 2.39. The lowest BCUT2D eigenvalue weighted by Gasteiger charge is -2.20. The Bertz CT molecular complexity index is 1000. The third kappa shape index (κ3) is 4.10. The van der Waals surface area contributed by atoms with E-state index in [2.05, 4.69) is 10.1 Å². The van der Waals surface area contributed by atoms with E-state index >= 15 is 0 Å². The highest BCUT2D eigenvalue weighted by molar-refractivity contribution is 5.77. The first kappa shape index (κ1) is 21.2. The summed E-state index contributed by atoms with van der Waals surface area (Å²) < 4.78 is 81.1. The van der Waals surface area contributed by atoms with Crippen molar-refractivity contribution < 1.29 is 45.9 Å². The Morgan fingerprint density at radius 1 is 1.10 bits per heavy atom. The molecule has 0 bridgehead atoms. The van der Waals surface area contributed by atoms with Crippen molar-refractivity contribution in [2.45, 2.75) is 13.2 Å². The van der Waals surface area contributed by atoms with Crippen LogP contribution in [0.4, 0.5) is 27.6 Å². The van der Waals surface area contributed by atoms with Crippen molar-refractivity contribution in [1.29, 1.82) is 0 Å². The highest BCUT2D eigenvalue weighted by atomic mass is 19.2. The zero-order valence-corrected chi connectivity index (χ0v) is 14.8. The number of carbonyl (C=O) groups is 1. The van der Waals surface area contributed by atoms with Gasteiger partial charge in [0, 0.05) is 29.8 Å². The molecule has 13 heteroatoms. The number of nitro groups is 1. The van der Waals surface area contributed by atoms with Crippen LogP contribution in [0.1, 0.15) is 11.1 Å². The average molecular weight is 434 g/mol. The molecule has 0 aromatic heterocycles. The van der Waals surface area contributed by atoms with Gasteiger partial charge in [0.1, 0.15) is 5.75 Å². The normalized spacial score (nSPS) is 12.7. The van der Waals surface area contributed by atoms with Crippen molar-refractivity contribution in [3.8, 4) is 11.5 Å². The fourth-order valence-electron chi connectivity index (χ4n) is 2.61. The van der Waals surface area contributed by atoms with E-state index in [9.17, 15) is 36.9 Å². The molecule has 0 radical (unpaired) electrons. The number of nitrogens with zero attached hydrogens (tertiary/aromatic N) is 1. The highest BCUT2D eigenvalue weighted by Gasteiger charge is 2.27. The molecule has 0 atom stereocenters. The topological polar surface area (TPSA) is 99.9 Å². The lowest BCUT2D eigenvalue weighted by atomic mass is 10.1. The molecular weight excluding hydrogens is 423 g/mol. The zero-order valence-electron chi connectivity index (χ0n) is 14.8. The zero-order chi connectivity index (χ0) is 22.0. The third-order valence-electron chi connectivity index (χ3n) is 3.98. The van der Waals surface area contributed by atoms with Gasteiger partial charge in [0.2, 0.25) is 29.1 Å². The maximum Gasteiger partial charge on any atom is 0.270 e. The summed E-state index contributed by atoms with van der Waals surface area (Å²) in [6.07, 6.45) is 0. The summed E-state index contributed by atoms with van der Waals surface area (Å²) in [6.45, 7) is -1.46. The van der Waals surface area contributed by atoms with E-state index in [0.29, 0.717) is 5.56 Å². The Labute approximate surface area is 164 Å². The number of non-ortho nitro benzene ring substituents is 1. The predicted molar refractivity (Wildman–Crippen MR) is 87.0 cm³/mol. The second-order valence-corrected chi connectivity index (χ2v) is 5.93. The molecule has 0 spiro atoms. The lowest BCUT2D eigenvalue weighted by Crippen LogP contribution is -2.29. The highest BCUT2D eigenvalue weighted by Crippen LogP contribution is 2.32. The van der Waals surface area contributed by atoms with Crippen molar-refractivity contribution in [3.05, 3.63) is 62.5 Å². The fraction of sp³-hybridized carbons (Fsp3) is 0.235. The van der Waals surface area contributed by atoms with Crippen molar-refractivity contribution in [3.63, 3.8) is 0 Å².